The molecule has 0 radical (unpaired) electrons. The van der Waals surface area contributed by atoms with Gasteiger partial charge in [0.1, 0.15) is 0 Å². The summed E-state index contributed by atoms with van der Waals surface area (Å²) in [6, 6.07) is 89.3. The number of para-hydroxylation sites is 2. The fraction of sp³-hybridized carbons (Fsp3) is 0.0164. The van der Waals surface area contributed by atoms with E-state index in [4.69, 9.17) is 0 Å². The number of anilines is 3. The van der Waals surface area contributed by atoms with Crippen LogP contribution >= 0.6 is 0 Å². The first-order valence-corrected chi connectivity index (χ1v) is 21.8. The molecule has 1 aliphatic heterocycles. The molecule has 2 heteroatoms. The van der Waals surface area contributed by atoms with Gasteiger partial charge in [-0.1, -0.05) is 194 Å². The summed E-state index contributed by atoms with van der Waals surface area (Å²) in [7, 11) is 0. The summed E-state index contributed by atoms with van der Waals surface area (Å²) in [5.74, 6) is 0. The zero-order chi connectivity index (χ0) is 41.5. The molecule has 1 aliphatic carbocycles. The van der Waals surface area contributed by atoms with Gasteiger partial charge in [-0.25, -0.2) is 0 Å². The minimum Gasteiger partial charge on any atom is -0.311 e. The predicted molar refractivity (Wildman–Crippen MR) is 263 cm³/mol. The van der Waals surface area contributed by atoms with Crippen LogP contribution in [0.2, 0.25) is 0 Å². The number of rotatable bonds is 7. The van der Waals surface area contributed by atoms with E-state index in [-0.39, 0.29) is 0 Å². The van der Waals surface area contributed by atoms with Crippen LogP contribution in [0.5, 0.6) is 0 Å². The molecule has 294 valence electrons. The maximum atomic E-state index is 2.57. The number of hydrogen-bond acceptors (Lipinski definition) is 1. The maximum absolute atomic E-state index is 2.57. The van der Waals surface area contributed by atoms with Gasteiger partial charge in [-0.2, -0.15) is 0 Å². The van der Waals surface area contributed by atoms with E-state index in [9.17, 15) is 0 Å². The third-order valence-corrected chi connectivity index (χ3v) is 13.6. The lowest BCUT2D eigenvalue weighted by Crippen LogP contribution is -2.28. The molecule has 2 nitrogen and oxygen atoms in total. The Morgan fingerprint density at radius 3 is 1.49 bits per heavy atom. The van der Waals surface area contributed by atoms with Crippen molar-refractivity contribution in [3.05, 3.63) is 265 Å². The Hall–Kier alpha value is -8.20. The molecular formula is C61H40N2. The molecular weight excluding hydrogens is 761 g/mol. The molecule has 10 aromatic carbocycles. The van der Waals surface area contributed by atoms with Gasteiger partial charge in [0.15, 0.2) is 0 Å². The van der Waals surface area contributed by atoms with E-state index in [0.717, 1.165) is 17.1 Å². The van der Waals surface area contributed by atoms with E-state index < -0.39 is 5.41 Å². The highest BCUT2D eigenvalue weighted by Crippen LogP contribution is 2.62. The number of fused-ring (bicyclic) bond motifs is 6. The monoisotopic (exact) mass is 800 g/mol. The molecule has 13 rings (SSSR count). The molecule has 0 saturated heterocycles. The topological polar surface area (TPSA) is 8.17 Å². The van der Waals surface area contributed by atoms with Gasteiger partial charge >= 0.3 is 0 Å². The zero-order valence-corrected chi connectivity index (χ0v) is 34.5. The van der Waals surface area contributed by atoms with Crippen molar-refractivity contribution in [2.45, 2.75) is 5.41 Å². The zero-order valence-electron chi connectivity index (χ0n) is 34.5. The number of benzene rings is 10. The van der Waals surface area contributed by atoms with Gasteiger partial charge in [0.2, 0.25) is 0 Å². The van der Waals surface area contributed by atoms with Gasteiger partial charge in [-0.05, 0) is 104 Å². The van der Waals surface area contributed by atoms with E-state index in [1.54, 1.807) is 0 Å². The van der Waals surface area contributed by atoms with Gasteiger partial charge in [-0.15, -0.1) is 0 Å². The summed E-state index contributed by atoms with van der Waals surface area (Å²) in [6.45, 7) is 0. The second-order valence-electron chi connectivity index (χ2n) is 16.8. The fourth-order valence-electron chi connectivity index (χ4n) is 10.9. The SMILES string of the molecule is c1ccc(-c2ccc(N(c3ccccc3)c3ccc(-c4ccc5c6ccc7c8c6n(c5c4)-c4ccccc4-c4cccc(c4-8)C7(c4ccccc4)c4ccccc4)cc3)cc2)cc1. The standard InChI is InChI=1S/C61H40N2/c1-5-16-41(17-6-1)42-28-33-48(34-29-42)62(47-22-11-4-12-23-47)49-35-30-43(31-36-49)44-32-37-51-53-38-39-55-59-58-52(50-24-13-14-27-56(50)63(60(53)59)57(51)40-44)25-15-26-54(58)61(55,45-18-7-2-8-19-45)46-20-9-3-10-21-46/h1-40H. The van der Waals surface area contributed by atoms with Crippen LogP contribution in [-0.4, -0.2) is 4.57 Å². The number of hydrogen-bond donors (Lipinski definition) is 0. The molecule has 0 unspecified atom stereocenters. The Bertz CT molecular complexity index is 3480. The van der Waals surface area contributed by atoms with Crippen molar-refractivity contribution in [3.63, 3.8) is 0 Å². The second kappa shape index (κ2) is 13.9. The van der Waals surface area contributed by atoms with Gasteiger partial charge in [0, 0.05) is 39.0 Å². The minimum atomic E-state index is -0.477. The van der Waals surface area contributed by atoms with Crippen LogP contribution in [-0.2, 0) is 5.41 Å². The lowest BCUT2D eigenvalue weighted by atomic mass is 9.67. The fourth-order valence-corrected chi connectivity index (χ4v) is 10.9. The van der Waals surface area contributed by atoms with E-state index in [0.29, 0.717) is 0 Å². The average Bonchev–Trinajstić information content (AvgIpc) is 3.81. The molecule has 63 heavy (non-hydrogen) atoms. The molecule has 0 atom stereocenters. The van der Waals surface area contributed by atoms with Crippen molar-refractivity contribution in [2.75, 3.05) is 4.90 Å². The molecule has 0 spiro atoms. The van der Waals surface area contributed by atoms with Crippen LogP contribution in [0.15, 0.2) is 243 Å². The third-order valence-electron chi connectivity index (χ3n) is 13.6. The van der Waals surface area contributed by atoms with Crippen molar-refractivity contribution < 1.29 is 0 Å². The van der Waals surface area contributed by atoms with E-state index in [2.05, 4.69) is 252 Å². The van der Waals surface area contributed by atoms with Crippen LogP contribution < -0.4 is 4.90 Å². The maximum Gasteiger partial charge on any atom is 0.0714 e. The lowest BCUT2D eigenvalue weighted by molar-refractivity contribution is 0.769. The van der Waals surface area contributed by atoms with Crippen molar-refractivity contribution in [3.8, 4) is 50.2 Å². The van der Waals surface area contributed by atoms with Crippen LogP contribution in [0.4, 0.5) is 17.1 Å². The van der Waals surface area contributed by atoms with Gasteiger partial charge in [0.25, 0.3) is 0 Å². The van der Waals surface area contributed by atoms with E-state index >= 15 is 0 Å². The summed E-state index contributed by atoms with van der Waals surface area (Å²) in [5, 5.41) is 2.53. The molecule has 2 aliphatic rings. The van der Waals surface area contributed by atoms with Crippen LogP contribution in [0.1, 0.15) is 22.3 Å². The Balaban J connectivity index is 0.995. The molecule has 2 heterocycles. The van der Waals surface area contributed by atoms with Crippen molar-refractivity contribution in [1.82, 2.24) is 4.57 Å². The Morgan fingerprint density at radius 1 is 0.333 bits per heavy atom. The lowest BCUT2D eigenvalue weighted by Gasteiger charge is -2.34. The van der Waals surface area contributed by atoms with E-state index in [1.807, 2.05) is 0 Å². The summed E-state index contributed by atoms with van der Waals surface area (Å²) < 4.78 is 2.57. The highest BCUT2D eigenvalue weighted by atomic mass is 15.1. The van der Waals surface area contributed by atoms with Crippen molar-refractivity contribution in [1.29, 1.82) is 0 Å². The first-order valence-electron chi connectivity index (χ1n) is 21.8. The molecule has 0 N–H and O–H groups in total. The number of aromatic nitrogens is 1. The minimum absolute atomic E-state index is 0.477. The molecule has 0 amide bonds. The van der Waals surface area contributed by atoms with Crippen LogP contribution in [0.3, 0.4) is 0 Å². The summed E-state index contributed by atoms with van der Waals surface area (Å²) in [4.78, 5) is 2.34. The largest absolute Gasteiger partial charge is 0.311 e. The molecule has 0 bridgehead atoms. The highest BCUT2D eigenvalue weighted by molar-refractivity contribution is 6.19. The van der Waals surface area contributed by atoms with Crippen molar-refractivity contribution in [2.24, 2.45) is 0 Å². The van der Waals surface area contributed by atoms with Crippen LogP contribution in [0.25, 0.3) is 72.0 Å². The van der Waals surface area contributed by atoms with E-state index in [1.165, 1.54) is 94.3 Å². The Kier molecular flexibility index (Phi) is 7.85. The summed E-state index contributed by atoms with van der Waals surface area (Å²) in [6.07, 6.45) is 0. The first kappa shape index (κ1) is 35.5. The van der Waals surface area contributed by atoms with Gasteiger partial charge in [-0.3, -0.25) is 0 Å². The summed E-state index contributed by atoms with van der Waals surface area (Å²) in [5.41, 5.74) is 21.8. The molecule has 1 aromatic heterocycles. The van der Waals surface area contributed by atoms with Gasteiger partial charge in [0.05, 0.1) is 22.1 Å². The Labute approximate surface area is 367 Å². The molecule has 0 fully saturated rings. The summed E-state index contributed by atoms with van der Waals surface area (Å²) >= 11 is 0. The molecule has 11 aromatic rings. The molecule has 0 saturated carbocycles. The normalized spacial score (nSPS) is 12.9. The smallest absolute Gasteiger partial charge is 0.0714 e. The number of nitrogens with zero attached hydrogens (tertiary/aromatic N) is 2. The third kappa shape index (κ3) is 5.19. The average molecular weight is 801 g/mol. The first-order chi connectivity index (χ1) is 31.3. The quantitative estimate of drug-likeness (QED) is 0.156. The predicted octanol–water partition coefficient (Wildman–Crippen LogP) is 15.9. The second-order valence-corrected chi connectivity index (χ2v) is 16.8. The van der Waals surface area contributed by atoms with Crippen LogP contribution in [0, 0.1) is 0 Å². The highest BCUT2D eigenvalue weighted by Gasteiger charge is 2.49. The van der Waals surface area contributed by atoms with Crippen molar-refractivity contribution >= 4 is 38.9 Å². The van der Waals surface area contributed by atoms with Gasteiger partial charge < -0.3 is 9.47 Å². The Morgan fingerprint density at radius 2 is 0.825 bits per heavy atom.